The molecule has 0 spiro atoms. The first-order valence-corrected chi connectivity index (χ1v) is 9.17. The van der Waals surface area contributed by atoms with Gasteiger partial charge in [0, 0.05) is 22.9 Å². The number of nitrogens with zero attached hydrogens (tertiary/aromatic N) is 1. The van der Waals surface area contributed by atoms with Crippen molar-refractivity contribution in [2.45, 2.75) is 13.0 Å². The van der Waals surface area contributed by atoms with E-state index in [2.05, 4.69) is 12.1 Å². The Bertz CT molecular complexity index is 1070. The van der Waals surface area contributed by atoms with Crippen LogP contribution < -0.4 is 0 Å². The summed E-state index contributed by atoms with van der Waals surface area (Å²) in [5.41, 5.74) is 1.74. The molecule has 2 aromatic heterocycles. The lowest BCUT2D eigenvalue weighted by Gasteiger charge is -2.16. The molecule has 25 heavy (non-hydrogen) atoms. The Morgan fingerprint density at radius 3 is 2.80 bits per heavy atom. The van der Waals surface area contributed by atoms with E-state index in [1.165, 1.54) is 11.3 Å². The summed E-state index contributed by atoms with van der Waals surface area (Å²) >= 11 is 7.46. The van der Waals surface area contributed by atoms with Crippen LogP contribution >= 0.6 is 22.9 Å². The Morgan fingerprint density at radius 1 is 1.16 bits per heavy atom. The highest BCUT2D eigenvalue weighted by atomic mass is 35.5. The Morgan fingerprint density at radius 2 is 2.00 bits per heavy atom. The number of hydrogen-bond acceptors (Lipinski definition) is 3. The molecule has 0 aliphatic carbocycles. The third kappa shape index (κ3) is 3.15. The second kappa shape index (κ2) is 6.54. The summed E-state index contributed by atoms with van der Waals surface area (Å²) in [6.07, 6.45) is 2.02. The van der Waals surface area contributed by atoms with E-state index in [0.29, 0.717) is 13.0 Å². The molecule has 0 saturated heterocycles. The summed E-state index contributed by atoms with van der Waals surface area (Å²) in [6, 6.07) is 16.0. The van der Waals surface area contributed by atoms with Gasteiger partial charge in [-0.15, -0.1) is 11.3 Å². The molecule has 2 aromatic carbocycles. The molecule has 2 heterocycles. The van der Waals surface area contributed by atoms with Gasteiger partial charge in [-0.2, -0.15) is 0 Å². The van der Waals surface area contributed by atoms with Gasteiger partial charge in [-0.1, -0.05) is 41.9 Å². The molecule has 0 saturated carbocycles. The summed E-state index contributed by atoms with van der Waals surface area (Å²) in [6.45, 7) is 0.562. The number of carbonyl (C=O) groups excluding carboxylic acids is 1. The van der Waals surface area contributed by atoms with Gasteiger partial charge < -0.3 is 9.32 Å². The van der Waals surface area contributed by atoms with Crippen LogP contribution in [0.25, 0.3) is 21.7 Å². The maximum Gasteiger partial charge on any atom is 0.227 e. The predicted molar refractivity (Wildman–Crippen MR) is 103 cm³/mol. The fourth-order valence-corrected chi connectivity index (χ4v) is 4.20. The first-order chi connectivity index (χ1) is 12.1. The largest absolute Gasteiger partial charge is 0.464 e. The molecule has 3 nitrogen and oxygen atoms in total. The number of carbonyl (C=O) groups is 1. The topological polar surface area (TPSA) is 33.5 Å². The molecule has 0 bridgehead atoms. The number of hydrogen-bond donors (Lipinski definition) is 0. The molecular weight excluding hydrogens is 354 g/mol. The number of benzene rings is 2. The van der Waals surface area contributed by atoms with E-state index in [1.807, 2.05) is 43.4 Å². The second-order valence-corrected chi connectivity index (χ2v) is 7.85. The van der Waals surface area contributed by atoms with Crippen molar-refractivity contribution in [3.8, 4) is 0 Å². The third-order valence-corrected chi connectivity index (χ3v) is 5.55. The van der Waals surface area contributed by atoms with Crippen LogP contribution in [0.1, 0.15) is 10.4 Å². The van der Waals surface area contributed by atoms with Gasteiger partial charge in [-0.3, -0.25) is 4.79 Å². The minimum absolute atomic E-state index is 0.0557. The Kier molecular flexibility index (Phi) is 4.24. The van der Waals surface area contributed by atoms with Gasteiger partial charge in [0.05, 0.1) is 23.6 Å². The summed E-state index contributed by atoms with van der Waals surface area (Å²) in [5, 5.41) is 3.29. The third-order valence-electron chi connectivity index (χ3n) is 4.33. The standard InChI is InChI=1S/C20H16ClNO2S/c1-22(11-15-7-9-18(21)25-15)19(23)10-14-12-24-17-8-6-13-4-2-3-5-16(13)20(14)17/h2-9,12H,10-11H2,1H3. The van der Waals surface area contributed by atoms with E-state index in [9.17, 15) is 4.79 Å². The molecule has 1 amide bonds. The van der Waals surface area contributed by atoms with Crippen molar-refractivity contribution in [2.24, 2.45) is 0 Å². The van der Waals surface area contributed by atoms with Crippen molar-refractivity contribution in [1.29, 1.82) is 0 Å². The molecule has 0 unspecified atom stereocenters. The number of rotatable bonds is 4. The first-order valence-electron chi connectivity index (χ1n) is 7.98. The molecule has 126 valence electrons. The molecule has 0 aliphatic rings. The second-order valence-electron chi connectivity index (χ2n) is 6.05. The van der Waals surface area contributed by atoms with Crippen LogP contribution in [0, 0.1) is 0 Å². The number of thiophene rings is 1. The normalized spacial score (nSPS) is 11.3. The summed E-state index contributed by atoms with van der Waals surface area (Å²) < 4.78 is 6.41. The van der Waals surface area contributed by atoms with Crippen LogP contribution in [-0.4, -0.2) is 17.9 Å². The van der Waals surface area contributed by atoms with Gasteiger partial charge in [0.15, 0.2) is 0 Å². The van der Waals surface area contributed by atoms with Crippen molar-refractivity contribution in [3.05, 3.63) is 69.6 Å². The van der Waals surface area contributed by atoms with E-state index in [-0.39, 0.29) is 5.91 Å². The molecule has 0 N–H and O–H groups in total. The van der Waals surface area contributed by atoms with E-state index in [4.69, 9.17) is 16.0 Å². The molecule has 4 rings (SSSR count). The minimum atomic E-state index is 0.0557. The van der Waals surface area contributed by atoms with Gasteiger partial charge >= 0.3 is 0 Å². The lowest BCUT2D eigenvalue weighted by atomic mass is 10.0. The molecule has 0 fully saturated rings. The highest BCUT2D eigenvalue weighted by Gasteiger charge is 2.16. The zero-order valence-electron chi connectivity index (χ0n) is 13.7. The predicted octanol–water partition coefficient (Wildman–Crippen LogP) is 5.50. The highest BCUT2D eigenvalue weighted by Crippen LogP contribution is 2.30. The van der Waals surface area contributed by atoms with Crippen molar-refractivity contribution in [1.82, 2.24) is 4.90 Å². The first kappa shape index (κ1) is 16.2. The number of fused-ring (bicyclic) bond motifs is 3. The smallest absolute Gasteiger partial charge is 0.227 e. The van der Waals surface area contributed by atoms with E-state index in [1.54, 1.807) is 11.2 Å². The maximum atomic E-state index is 12.7. The molecular formula is C20H16ClNO2S. The fourth-order valence-electron chi connectivity index (χ4n) is 3.06. The van der Waals surface area contributed by atoms with Gasteiger partial charge in [0.25, 0.3) is 0 Å². The molecule has 4 aromatic rings. The fraction of sp³-hybridized carbons (Fsp3) is 0.150. The summed E-state index contributed by atoms with van der Waals surface area (Å²) in [4.78, 5) is 15.5. The van der Waals surface area contributed by atoms with Crippen molar-refractivity contribution in [2.75, 3.05) is 7.05 Å². The van der Waals surface area contributed by atoms with E-state index in [0.717, 1.165) is 36.5 Å². The van der Waals surface area contributed by atoms with Gasteiger partial charge in [0.1, 0.15) is 5.58 Å². The zero-order chi connectivity index (χ0) is 17.4. The molecule has 0 radical (unpaired) electrons. The van der Waals surface area contributed by atoms with Crippen LogP contribution in [0.4, 0.5) is 0 Å². The minimum Gasteiger partial charge on any atom is -0.464 e. The summed E-state index contributed by atoms with van der Waals surface area (Å²) in [7, 11) is 1.82. The molecule has 0 atom stereocenters. The maximum absolute atomic E-state index is 12.7. The monoisotopic (exact) mass is 369 g/mol. The lowest BCUT2D eigenvalue weighted by Crippen LogP contribution is -2.27. The number of amides is 1. The van der Waals surface area contributed by atoms with Crippen LogP contribution in [0.5, 0.6) is 0 Å². The Labute approximate surface area is 154 Å². The SMILES string of the molecule is CN(Cc1ccc(Cl)s1)C(=O)Cc1coc2ccc3ccccc3c12. The van der Waals surface area contributed by atoms with E-state index < -0.39 is 0 Å². The van der Waals surface area contributed by atoms with Crippen LogP contribution in [0.3, 0.4) is 0 Å². The van der Waals surface area contributed by atoms with Crippen LogP contribution in [-0.2, 0) is 17.8 Å². The van der Waals surface area contributed by atoms with Gasteiger partial charge in [-0.25, -0.2) is 0 Å². The molecule has 0 aliphatic heterocycles. The molecule has 5 heteroatoms. The van der Waals surface area contributed by atoms with Crippen molar-refractivity contribution < 1.29 is 9.21 Å². The van der Waals surface area contributed by atoms with Crippen LogP contribution in [0.15, 0.2) is 59.2 Å². The van der Waals surface area contributed by atoms with Gasteiger partial charge in [0.2, 0.25) is 5.91 Å². The average Bonchev–Trinajstić information content (AvgIpc) is 3.21. The number of halogens is 1. The van der Waals surface area contributed by atoms with Gasteiger partial charge in [-0.05, 0) is 29.0 Å². The average molecular weight is 370 g/mol. The van der Waals surface area contributed by atoms with Crippen molar-refractivity contribution in [3.63, 3.8) is 0 Å². The number of furan rings is 1. The van der Waals surface area contributed by atoms with Crippen molar-refractivity contribution >= 4 is 50.6 Å². The zero-order valence-corrected chi connectivity index (χ0v) is 15.2. The van der Waals surface area contributed by atoms with Crippen LogP contribution in [0.2, 0.25) is 4.34 Å². The quantitative estimate of drug-likeness (QED) is 0.475. The lowest BCUT2D eigenvalue weighted by molar-refractivity contribution is -0.129. The van der Waals surface area contributed by atoms with E-state index >= 15 is 0 Å². The highest BCUT2D eigenvalue weighted by molar-refractivity contribution is 7.16. The number of likely N-dealkylation sites (N-methyl/N-ethyl adjacent to an activating group) is 1. The Balaban J connectivity index is 1.61. The Hall–Kier alpha value is -2.30. The summed E-state index contributed by atoms with van der Waals surface area (Å²) in [5.74, 6) is 0.0557.